The fourth-order valence-electron chi connectivity index (χ4n) is 1.18. The predicted molar refractivity (Wildman–Crippen MR) is 82.6 cm³/mol. The second kappa shape index (κ2) is 8.92. The van der Waals surface area contributed by atoms with Crippen molar-refractivity contribution in [1.82, 2.24) is 0 Å². The predicted octanol–water partition coefficient (Wildman–Crippen LogP) is 4.38. The SMILES string of the molecule is CC.CC(C)(C)C(=O)CC(=O)CSc1ccccc1. The van der Waals surface area contributed by atoms with Gasteiger partial charge in [-0.2, -0.15) is 0 Å². The number of rotatable bonds is 5. The van der Waals surface area contributed by atoms with Crippen LogP contribution in [-0.4, -0.2) is 17.3 Å². The third kappa shape index (κ3) is 7.83. The Morgan fingerprint density at radius 3 is 2.05 bits per heavy atom. The molecule has 0 atom stereocenters. The highest BCUT2D eigenvalue weighted by Crippen LogP contribution is 2.20. The highest BCUT2D eigenvalue weighted by molar-refractivity contribution is 8.00. The van der Waals surface area contributed by atoms with Crippen LogP contribution < -0.4 is 0 Å². The van der Waals surface area contributed by atoms with E-state index in [1.807, 2.05) is 65.0 Å². The number of Topliss-reactive ketones (excluding diaryl/α,β-unsaturated/α-hetero) is 2. The van der Waals surface area contributed by atoms with Crippen molar-refractivity contribution < 1.29 is 9.59 Å². The van der Waals surface area contributed by atoms with E-state index in [1.54, 1.807) is 0 Å². The first-order valence-electron chi connectivity index (χ1n) is 6.62. The summed E-state index contributed by atoms with van der Waals surface area (Å²) in [5.41, 5.74) is -0.424. The standard InChI is InChI=1S/C14H18O2S.C2H6/c1-14(2,3)13(16)9-11(15)10-17-12-7-5-4-6-8-12;1-2/h4-8H,9-10H2,1-3H3;1-2H3. The third-order valence-corrected chi connectivity index (χ3v) is 3.41. The minimum atomic E-state index is -0.424. The fourth-order valence-corrected chi connectivity index (χ4v) is 1.96. The first-order valence-corrected chi connectivity index (χ1v) is 7.61. The highest BCUT2D eigenvalue weighted by Gasteiger charge is 2.23. The zero-order valence-corrected chi connectivity index (χ0v) is 13.3. The number of ketones is 2. The molecule has 0 saturated carbocycles. The fraction of sp³-hybridized carbons (Fsp3) is 0.500. The van der Waals surface area contributed by atoms with Gasteiger partial charge in [-0.05, 0) is 12.1 Å². The number of carbonyl (C=O) groups excluding carboxylic acids is 2. The minimum Gasteiger partial charge on any atom is -0.299 e. The second-order valence-electron chi connectivity index (χ2n) is 4.99. The Balaban J connectivity index is 0.00000154. The molecule has 1 aromatic rings. The topological polar surface area (TPSA) is 34.1 Å². The number of hydrogen-bond donors (Lipinski definition) is 0. The van der Waals surface area contributed by atoms with Gasteiger partial charge < -0.3 is 0 Å². The summed E-state index contributed by atoms with van der Waals surface area (Å²) in [6.45, 7) is 9.52. The van der Waals surface area contributed by atoms with Crippen LogP contribution >= 0.6 is 11.8 Å². The van der Waals surface area contributed by atoms with E-state index in [2.05, 4.69) is 0 Å². The van der Waals surface area contributed by atoms with E-state index in [-0.39, 0.29) is 18.0 Å². The highest BCUT2D eigenvalue weighted by atomic mass is 32.2. The summed E-state index contributed by atoms with van der Waals surface area (Å²) in [6.07, 6.45) is 0.0450. The van der Waals surface area contributed by atoms with Crippen LogP contribution in [0.2, 0.25) is 0 Å². The Bertz CT molecular complexity index is 391. The summed E-state index contributed by atoms with van der Waals surface area (Å²) in [4.78, 5) is 24.3. The first-order chi connectivity index (χ1) is 8.89. The van der Waals surface area contributed by atoms with Crippen LogP contribution in [0.5, 0.6) is 0 Å². The summed E-state index contributed by atoms with van der Waals surface area (Å²) in [6, 6.07) is 9.74. The molecule has 0 aliphatic heterocycles. The average molecular weight is 280 g/mol. The molecular formula is C16H24O2S. The van der Waals surface area contributed by atoms with E-state index >= 15 is 0 Å². The van der Waals surface area contributed by atoms with Crippen LogP contribution in [0.15, 0.2) is 35.2 Å². The van der Waals surface area contributed by atoms with Gasteiger partial charge in [0.1, 0.15) is 11.6 Å². The van der Waals surface area contributed by atoms with E-state index in [0.717, 1.165) is 4.90 Å². The van der Waals surface area contributed by atoms with Gasteiger partial charge >= 0.3 is 0 Å². The van der Waals surface area contributed by atoms with Crippen molar-refractivity contribution in [2.24, 2.45) is 5.41 Å². The van der Waals surface area contributed by atoms with Gasteiger partial charge in [-0.15, -0.1) is 11.8 Å². The molecule has 0 N–H and O–H groups in total. The lowest BCUT2D eigenvalue weighted by Gasteiger charge is -2.15. The molecule has 0 bridgehead atoms. The molecule has 19 heavy (non-hydrogen) atoms. The Morgan fingerprint density at radius 1 is 1.05 bits per heavy atom. The van der Waals surface area contributed by atoms with Crippen LogP contribution in [0, 0.1) is 5.41 Å². The van der Waals surface area contributed by atoms with Gasteiger partial charge in [0.15, 0.2) is 0 Å². The lowest BCUT2D eigenvalue weighted by Crippen LogP contribution is -2.23. The summed E-state index contributed by atoms with van der Waals surface area (Å²) in [7, 11) is 0. The summed E-state index contributed by atoms with van der Waals surface area (Å²) >= 11 is 1.48. The minimum absolute atomic E-state index is 0.00113. The van der Waals surface area contributed by atoms with Gasteiger partial charge in [0.25, 0.3) is 0 Å². The van der Waals surface area contributed by atoms with Gasteiger partial charge in [0.2, 0.25) is 0 Å². The molecule has 0 radical (unpaired) electrons. The van der Waals surface area contributed by atoms with E-state index < -0.39 is 5.41 Å². The van der Waals surface area contributed by atoms with Crippen molar-refractivity contribution in [3.05, 3.63) is 30.3 Å². The van der Waals surface area contributed by atoms with E-state index in [0.29, 0.717) is 5.75 Å². The molecular weight excluding hydrogens is 256 g/mol. The molecule has 1 rings (SSSR count). The molecule has 1 aromatic carbocycles. The Hall–Kier alpha value is -1.09. The molecule has 0 fully saturated rings. The van der Waals surface area contributed by atoms with Crippen molar-refractivity contribution in [2.75, 3.05) is 5.75 Å². The maximum absolute atomic E-state index is 11.7. The molecule has 3 heteroatoms. The van der Waals surface area contributed by atoms with Crippen molar-refractivity contribution in [1.29, 1.82) is 0 Å². The zero-order valence-electron chi connectivity index (χ0n) is 12.5. The Labute approximate surface area is 121 Å². The van der Waals surface area contributed by atoms with Gasteiger partial charge in [-0.1, -0.05) is 52.8 Å². The van der Waals surface area contributed by atoms with Crippen molar-refractivity contribution >= 4 is 23.3 Å². The molecule has 2 nitrogen and oxygen atoms in total. The van der Waals surface area contributed by atoms with Gasteiger partial charge in [0.05, 0.1) is 12.2 Å². The van der Waals surface area contributed by atoms with Crippen LogP contribution in [-0.2, 0) is 9.59 Å². The number of benzene rings is 1. The maximum Gasteiger partial charge on any atom is 0.150 e. The second-order valence-corrected chi connectivity index (χ2v) is 6.04. The van der Waals surface area contributed by atoms with E-state index in [4.69, 9.17) is 0 Å². The van der Waals surface area contributed by atoms with Crippen LogP contribution in [0.3, 0.4) is 0 Å². The number of thioether (sulfide) groups is 1. The molecule has 0 unspecified atom stereocenters. The average Bonchev–Trinajstić information content (AvgIpc) is 2.39. The normalized spacial score (nSPS) is 10.4. The molecule has 0 aliphatic rings. The summed E-state index contributed by atoms with van der Waals surface area (Å²) in [5.74, 6) is 0.376. The molecule has 106 valence electrons. The lowest BCUT2D eigenvalue weighted by molar-refractivity contribution is -0.130. The molecule has 0 saturated heterocycles. The van der Waals surface area contributed by atoms with Crippen LogP contribution in [0.25, 0.3) is 0 Å². The van der Waals surface area contributed by atoms with Crippen molar-refractivity contribution in [2.45, 2.75) is 45.9 Å². The summed E-state index contributed by atoms with van der Waals surface area (Å²) in [5, 5.41) is 0. The summed E-state index contributed by atoms with van der Waals surface area (Å²) < 4.78 is 0. The van der Waals surface area contributed by atoms with Gasteiger partial charge in [0, 0.05) is 10.3 Å². The quantitative estimate of drug-likeness (QED) is 0.593. The third-order valence-electron chi connectivity index (χ3n) is 2.34. The monoisotopic (exact) mass is 280 g/mol. The number of hydrogen-bond acceptors (Lipinski definition) is 3. The molecule has 0 heterocycles. The molecule has 0 amide bonds. The van der Waals surface area contributed by atoms with Gasteiger partial charge in [-0.25, -0.2) is 0 Å². The van der Waals surface area contributed by atoms with E-state index in [1.165, 1.54) is 11.8 Å². The zero-order chi connectivity index (χ0) is 14.9. The Kier molecular flexibility index (Phi) is 8.41. The van der Waals surface area contributed by atoms with Gasteiger partial charge in [-0.3, -0.25) is 9.59 Å². The van der Waals surface area contributed by atoms with Crippen LogP contribution in [0.4, 0.5) is 0 Å². The van der Waals surface area contributed by atoms with Crippen LogP contribution in [0.1, 0.15) is 41.0 Å². The van der Waals surface area contributed by atoms with Crippen molar-refractivity contribution in [3.63, 3.8) is 0 Å². The smallest absolute Gasteiger partial charge is 0.150 e. The first kappa shape index (κ1) is 17.9. The lowest BCUT2D eigenvalue weighted by atomic mass is 9.88. The molecule has 0 spiro atoms. The Morgan fingerprint density at radius 2 is 1.58 bits per heavy atom. The van der Waals surface area contributed by atoms with Crippen molar-refractivity contribution in [3.8, 4) is 0 Å². The van der Waals surface area contributed by atoms with E-state index in [9.17, 15) is 9.59 Å². The number of carbonyl (C=O) groups is 2. The molecule has 0 aromatic heterocycles. The maximum atomic E-state index is 11.7. The molecule has 0 aliphatic carbocycles. The largest absolute Gasteiger partial charge is 0.299 e.